The number of phenols is 1. The first-order valence-corrected chi connectivity index (χ1v) is 5.82. The van der Waals surface area contributed by atoms with Gasteiger partial charge in [-0.05, 0) is 31.9 Å². The van der Waals surface area contributed by atoms with Crippen molar-refractivity contribution in [2.45, 2.75) is 45.1 Å². The molecule has 2 rings (SSSR count). The molecule has 1 aliphatic carbocycles. The molecule has 0 aromatic heterocycles. The molecule has 1 aromatic carbocycles. The summed E-state index contributed by atoms with van der Waals surface area (Å²) in [6, 6.07) is 6.28. The van der Waals surface area contributed by atoms with Crippen LogP contribution in [0.4, 0.5) is 5.69 Å². The van der Waals surface area contributed by atoms with Crippen molar-refractivity contribution < 1.29 is 5.11 Å². The summed E-state index contributed by atoms with van der Waals surface area (Å²) in [5.41, 5.74) is 2.05. The number of anilines is 1. The molecule has 1 aromatic rings. The molecule has 0 unspecified atom stereocenters. The number of hydrogen-bond donors (Lipinski definition) is 2. The van der Waals surface area contributed by atoms with E-state index >= 15 is 0 Å². The summed E-state index contributed by atoms with van der Waals surface area (Å²) >= 11 is 0. The van der Waals surface area contributed by atoms with E-state index in [1.54, 1.807) is 6.07 Å². The van der Waals surface area contributed by atoms with Gasteiger partial charge in [0.05, 0.1) is 0 Å². The number of rotatable bonds is 2. The zero-order chi connectivity index (χ0) is 10.7. The maximum atomic E-state index is 9.59. The average molecular weight is 205 g/mol. The fourth-order valence-electron chi connectivity index (χ4n) is 2.25. The lowest BCUT2D eigenvalue weighted by Gasteiger charge is -2.24. The molecule has 2 nitrogen and oxygen atoms in total. The second kappa shape index (κ2) is 4.56. The van der Waals surface area contributed by atoms with Crippen LogP contribution in [0.15, 0.2) is 18.2 Å². The third-order valence-corrected chi connectivity index (χ3v) is 3.27. The summed E-state index contributed by atoms with van der Waals surface area (Å²) in [4.78, 5) is 0. The van der Waals surface area contributed by atoms with Crippen molar-refractivity contribution in [2.24, 2.45) is 0 Å². The van der Waals surface area contributed by atoms with E-state index in [1.807, 2.05) is 19.1 Å². The summed E-state index contributed by atoms with van der Waals surface area (Å²) in [5.74, 6) is 0.385. The van der Waals surface area contributed by atoms with E-state index in [0.717, 1.165) is 11.3 Å². The predicted octanol–water partition coefficient (Wildman–Crippen LogP) is 3.45. The third-order valence-electron chi connectivity index (χ3n) is 3.27. The Hall–Kier alpha value is -1.18. The monoisotopic (exact) mass is 205 g/mol. The van der Waals surface area contributed by atoms with Crippen molar-refractivity contribution in [3.8, 4) is 5.75 Å². The van der Waals surface area contributed by atoms with Crippen LogP contribution in [0.25, 0.3) is 0 Å². The minimum Gasteiger partial charge on any atom is -0.508 e. The maximum Gasteiger partial charge on any atom is 0.120 e. The van der Waals surface area contributed by atoms with Crippen LogP contribution in [-0.2, 0) is 0 Å². The molecule has 0 bridgehead atoms. The Balaban J connectivity index is 2.06. The molecule has 0 heterocycles. The molecule has 0 atom stereocenters. The largest absolute Gasteiger partial charge is 0.508 e. The zero-order valence-electron chi connectivity index (χ0n) is 9.29. The summed E-state index contributed by atoms with van der Waals surface area (Å²) in [5, 5.41) is 13.1. The van der Waals surface area contributed by atoms with Crippen molar-refractivity contribution in [3.63, 3.8) is 0 Å². The van der Waals surface area contributed by atoms with Crippen LogP contribution in [0, 0.1) is 6.92 Å². The van der Waals surface area contributed by atoms with Crippen LogP contribution in [0.3, 0.4) is 0 Å². The van der Waals surface area contributed by atoms with Crippen molar-refractivity contribution in [2.75, 3.05) is 5.32 Å². The lowest BCUT2D eigenvalue weighted by atomic mass is 9.95. The fourth-order valence-corrected chi connectivity index (χ4v) is 2.25. The smallest absolute Gasteiger partial charge is 0.120 e. The highest BCUT2D eigenvalue weighted by atomic mass is 16.3. The number of hydrogen-bond acceptors (Lipinski definition) is 2. The van der Waals surface area contributed by atoms with Gasteiger partial charge in [0.2, 0.25) is 0 Å². The van der Waals surface area contributed by atoms with Gasteiger partial charge >= 0.3 is 0 Å². The number of aromatic hydroxyl groups is 1. The van der Waals surface area contributed by atoms with Crippen molar-refractivity contribution in [3.05, 3.63) is 23.8 Å². The van der Waals surface area contributed by atoms with Crippen LogP contribution >= 0.6 is 0 Å². The normalized spacial score (nSPS) is 17.7. The Bertz CT molecular complexity index is 329. The van der Waals surface area contributed by atoms with E-state index in [2.05, 4.69) is 5.32 Å². The van der Waals surface area contributed by atoms with E-state index < -0.39 is 0 Å². The molecule has 0 saturated heterocycles. The average Bonchev–Trinajstić information content (AvgIpc) is 2.26. The first kappa shape index (κ1) is 10.3. The molecule has 1 saturated carbocycles. The van der Waals surface area contributed by atoms with Crippen molar-refractivity contribution in [1.29, 1.82) is 0 Å². The molecule has 0 spiro atoms. The van der Waals surface area contributed by atoms with Gasteiger partial charge in [-0.2, -0.15) is 0 Å². The van der Waals surface area contributed by atoms with Crippen LogP contribution in [0.1, 0.15) is 37.7 Å². The molecule has 1 aliphatic rings. The molecule has 1 fully saturated rings. The fraction of sp³-hybridized carbons (Fsp3) is 0.538. The van der Waals surface area contributed by atoms with Crippen LogP contribution in [0.2, 0.25) is 0 Å². The van der Waals surface area contributed by atoms with Gasteiger partial charge in [-0.25, -0.2) is 0 Å². The van der Waals surface area contributed by atoms with Gasteiger partial charge in [0.15, 0.2) is 0 Å². The summed E-state index contributed by atoms with van der Waals surface area (Å²) < 4.78 is 0. The lowest BCUT2D eigenvalue weighted by Crippen LogP contribution is -2.22. The quantitative estimate of drug-likeness (QED) is 0.775. The summed E-state index contributed by atoms with van der Waals surface area (Å²) in [6.45, 7) is 1.96. The topological polar surface area (TPSA) is 32.3 Å². The van der Waals surface area contributed by atoms with Crippen LogP contribution < -0.4 is 5.32 Å². The highest BCUT2D eigenvalue weighted by Gasteiger charge is 2.14. The van der Waals surface area contributed by atoms with Gasteiger partial charge in [0.1, 0.15) is 5.75 Å². The van der Waals surface area contributed by atoms with Crippen LogP contribution in [-0.4, -0.2) is 11.1 Å². The minimum absolute atomic E-state index is 0.385. The van der Waals surface area contributed by atoms with Gasteiger partial charge in [-0.15, -0.1) is 0 Å². The van der Waals surface area contributed by atoms with Gasteiger partial charge < -0.3 is 10.4 Å². The molecule has 2 heteroatoms. The molecule has 2 N–H and O–H groups in total. The summed E-state index contributed by atoms with van der Waals surface area (Å²) in [6.07, 6.45) is 6.55. The van der Waals surface area contributed by atoms with E-state index in [4.69, 9.17) is 0 Å². The highest BCUT2D eigenvalue weighted by molar-refractivity contribution is 5.56. The Morgan fingerprint density at radius 2 is 1.93 bits per heavy atom. The molecule has 0 radical (unpaired) electrons. The second-order valence-electron chi connectivity index (χ2n) is 4.43. The van der Waals surface area contributed by atoms with E-state index in [0.29, 0.717) is 11.8 Å². The maximum absolute atomic E-state index is 9.59. The molecular formula is C13H19NO. The summed E-state index contributed by atoms with van der Waals surface area (Å²) in [7, 11) is 0. The second-order valence-corrected chi connectivity index (χ2v) is 4.43. The lowest BCUT2D eigenvalue weighted by molar-refractivity contribution is 0.459. The highest BCUT2D eigenvalue weighted by Crippen LogP contribution is 2.27. The Kier molecular flexibility index (Phi) is 3.14. The number of benzene rings is 1. The molecule has 0 amide bonds. The molecule has 0 aliphatic heterocycles. The standard InChI is InChI=1S/C13H19NO/c1-10-12(8-5-9-13(10)15)14-11-6-3-2-4-7-11/h5,8-9,11,14-15H,2-4,6-7H2,1H3. The SMILES string of the molecule is Cc1c(O)cccc1NC1CCCCC1. The predicted molar refractivity (Wildman–Crippen MR) is 63.3 cm³/mol. The molecule has 15 heavy (non-hydrogen) atoms. The zero-order valence-corrected chi connectivity index (χ0v) is 9.29. The molecular weight excluding hydrogens is 186 g/mol. The first-order valence-electron chi connectivity index (χ1n) is 5.82. The van der Waals surface area contributed by atoms with E-state index in [9.17, 15) is 5.11 Å². The third kappa shape index (κ3) is 2.44. The number of nitrogens with one attached hydrogen (secondary N) is 1. The van der Waals surface area contributed by atoms with E-state index in [-0.39, 0.29) is 0 Å². The minimum atomic E-state index is 0.385. The van der Waals surface area contributed by atoms with E-state index in [1.165, 1.54) is 32.1 Å². The first-order chi connectivity index (χ1) is 7.27. The Morgan fingerprint density at radius 3 is 2.67 bits per heavy atom. The Morgan fingerprint density at radius 1 is 1.20 bits per heavy atom. The van der Waals surface area contributed by atoms with Gasteiger partial charge in [0.25, 0.3) is 0 Å². The van der Waals surface area contributed by atoms with Crippen molar-refractivity contribution in [1.82, 2.24) is 0 Å². The van der Waals surface area contributed by atoms with Crippen LogP contribution in [0.5, 0.6) is 5.75 Å². The Labute approximate surface area is 91.3 Å². The van der Waals surface area contributed by atoms with Crippen molar-refractivity contribution >= 4 is 5.69 Å². The van der Waals surface area contributed by atoms with Gasteiger partial charge in [-0.3, -0.25) is 0 Å². The van der Waals surface area contributed by atoms with Gasteiger partial charge in [0, 0.05) is 17.3 Å². The molecule has 82 valence electrons. The van der Waals surface area contributed by atoms with Gasteiger partial charge in [-0.1, -0.05) is 25.3 Å². The number of phenolic OH excluding ortho intramolecular Hbond substituents is 1.